The zero-order valence-corrected chi connectivity index (χ0v) is 18.0. The predicted molar refractivity (Wildman–Crippen MR) is 114 cm³/mol. The van der Waals surface area contributed by atoms with Gasteiger partial charge in [-0.1, -0.05) is 25.5 Å². The number of sulfonamides is 1. The minimum Gasteiger partial charge on any atom is -0.296 e. The largest absolute Gasteiger partial charge is 0.296 e. The van der Waals surface area contributed by atoms with Crippen molar-refractivity contribution in [1.82, 2.24) is 19.3 Å². The van der Waals surface area contributed by atoms with Gasteiger partial charge in [0.25, 0.3) is 5.91 Å². The smallest absolute Gasteiger partial charge is 0.277 e. The van der Waals surface area contributed by atoms with Crippen LogP contribution in [0.25, 0.3) is 0 Å². The maximum atomic E-state index is 13.1. The van der Waals surface area contributed by atoms with Crippen LogP contribution in [0.5, 0.6) is 0 Å². The Hall–Kier alpha value is -2.69. The molecule has 30 heavy (non-hydrogen) atoms. The zero-order valence-electron chi connectivity index (χ0n) is 16.4. The van der Waals surface area contributed by atoms with Crippen molar-refractivity contribution in [2.45, 2.75) is 37.6 Å². The van der Waals surface area contributed by atoms with E-state index in [1.165, 1.54) is 34.2 Å². The van der Waals surface area contributed by atoms with Crippen LogP contribution in [-0.2, 0) is 29.4 Å². The summed E-state index contributed by atoms with van der Waals surface area (Å²) in [7, 11) is -3.59. The number of rotatable bonds is 6. The van der Waals surface area contributed by atoms with Gasteiger partial charge in [0.15, 0.2) is 5.13 Å². The number of aryl methyl sites for hydroxylation is 1. The lowest BCUT2D eigenvalue weighted by atomic mass is 10.1. The predicted octanol–water partition coefficient (Wildman–Crippen LogP) is 2.88. The molecule has 10 heteroatoms. The van der Waals surface area contributed by atoms with Gasteiger partial charge >= 0.3 is 0 Å². The molecule has 1 N–H and O–H groups in total. The minimum atomic E-state index is -3.59. The van der Waals surface area contributed by atoms with Crippen molar-refractivity contribution in [3.05, 3.63) is 64.7 Å². The molecule has 8 nitrogen and oxygen atoms in total. The molecule has 3 aromatic rings. The molecule has 0 radical (unpaired) electrons. The molecule has 1 aliphatic heterocycles. The van der Waals surface area contributed by atoms with E-state index < -0.39 is 15.9 Å². The van der Waals surface area contributed by atoms with Crippen molar-refractivity contribution in [2.75, 3.05) is 11.9 Å². The Morgan fingerprint density at radius 3 is 2.73 bits per heavy atom. The minimum absolute atomic E-state index is 0.196. The van der Waals surface area contributed by atoms with Crippen molar-refractivity contribution in [3.8, 4) is 0 Å². The van der Waals surface area contributed by atoms with Crippen LogP contribution in [0.1, 0.15) is 40.0 Å². The third-order valence-corrected chi connectivity index (χ3v) is 7.67. The molecular formula is C20H21N5O3S2. The van der Waals surface area contributed by atoms with E-state index >= 15 is 0 Å². The molecule has 0 atom stereocenters. The summed E-state index contributed by atoms with van der Waals surface area (Å²) in [5.41, 5.74) is 2.14. The third kappa shape index (κ3) is 4.25. The second kappa shape index (κ2) is 8.58. The van der Waals surface area contributed by atoms with Crippen LogP contribution in [0, 0.1) is 0 Å². The number of carbonyl (C=O) groups excluding carboxylic acids is 1. The van der Waals surface area contributed by atoms with E-state index in [1.54, 1.807) is 12.1 Å². The first-order valence-electron chi connectivity index (χ1n) is 9.62. The average Bonchev–Trinajstić information content (AvgIpc) is 3.16. The summed E-state index contributed by atoms with van der Waals surface area (Å²) in [6.07, 6.45) is 6.76. The number of fused-ring (bicyclic) bond motifs is 1. The standard InChI is InChI=1S/C20H21N5O3S2/c1-2-3-14-4-6-15(7-5-14)30(27,28)25-11-8-16-18(13-25)29-20(23-16)24-19(26)17-12-21-9-10-22-17/h4-7,9-10,12H,2-3,8,11,13H2,1H3,(H,23,24,26). The molecule has 0 saturated heterocycles. The van der Waals surface area contributed by atoms with Gasteiger partial charge in [0.1, 0.15) is 5.69 Å². The number of carbonyl (C=O) groups is 1. The van der Waals surface area contributed by atoms with E-state index in [0.29, 0.717) is 23.0 Å². The second-order valence-electron chi connectivity index (χ2n) is 6.92. The van der Waals surface area contributed by atoms with Crippen LogP contribution in [0.4, 0.5) is 5.13 Å². The van der Waals surface area contributed by atoms with E-state index in [0.717, 1.165) is 29.0 Å². The zero-order chi connectivity index (χ0) is 21.1. The van der Waals surface area contributed by atoms with Crippen LogP contribution < -0.4 is 5.32 Å². The molecule has 0 spiro atoms. The Morgan fingerprint density at radius 1 is 1.23 bits per heavy atom. The molecule has 0 unspecified atom stereocenters. The van der Waals surface area contributed by atoms with Crippen molar-refractivity contribution in [2.24, 2.45) is 0 Å². The SMILES string of the molecule is CCCc1ccc(S(=O)(=O)N2CCc3nc(NC(=O)c4cnccn4)sc3C2)cc1. The molecule has 0 bridgehead atoms. The van der Waals surface area contributed by atoms with Crippen LogP contribution >= 0.6 is 11.3 Å². The highest BCUT2D eigenvalue weighted by Crippen LogP contribution is 2.31. The lowest BCUT2D eigenvalue weighted by molar-refractivity contribution is 0.102. The maximum Gasteiger partial charge on any atom is 0.277 e. The van der Waals surface area contributed by atoms with E-state index in [1.807, 2.05) is 12.1 Å². The highest BCUT2D eigenvalue weighted by Gasteiger charge is 2.30. The van der Waals surface area contributed by atoms with Gasteiger partial charge in [-0.05, 0) is 24.1 Å². The number of hydrogen-bond donors (Lipinski definition) is 1. The molecule has 4 rings (SSSR count). The topological polar surface area (TPSA) is 105 Å². The molecule has 1 aromatic carbocycles. The van der Waals surface area contributed by atoms with Crippen LogP contribution in [0.15, 0.2) is 47.8 Å². The number of nitrogens with one attached hydrogen (secondary N) is 1. The Balaban J connectivity index is 1.48. The summed E-state index contributed by atoms with van der Waals surface area (Å²) >= 11 is 1.29. The molecule has 1 aliphatic rings. The Morgan fingerprint density at radius 2 is 2.03 bits per heavy atom. The summed E-state index contributed by atoms with van der Waals surface area (Å²) in [4.78, 5) is 25.7. The Bertz CT molecular complexity index is 1140. The van der Waals surface area contributed by atoms with Gasteiger partial charge in [-0.3, -0.25) is 15.1 Å². The van der Waals surface area contributed by atoms with Gasteiger partial charge < -0.3 is 0 Å². The second-order valence-corrected chi connectivity index (χ2v) is 9.94. The fourth-order valence-corrected chi connectivity index (χ4v) is 5.78. The molecule has 2 aromatic heterocycles. The summed E-state index contributed by atoms with van der Waals surface area (Å²) < 4.78 is 27.6. The first-order chi connectivity index (χ1) is 14.5. The van der Waals surface area contributed by atoms with Gasteiger partial charge in [0, 0.05) is 30.2 Å². The molecule has 0 fully saturated rings. The number of thiazole rings is 1. The van der Waals surface area contributed by atoms with Crippen LogP contribution in [0.3, 0.4) is 0 Å². The van der Waals surface area contributed by atoms with Crippen molar-refractivity contribution < 1.29 is 13.2 Å². The van der Waals surface area contributed by atoms with E-state index in [-0.39, 0.29) is 12.2 Å². The molecule has 0 aliphatic carbocycles. The van der Waals surface area contributed by atoms with Crippen LogP contribution in [-0.4, -0.2) is 40.1 Å². The van der Waals surface area contributed by atoms with Gasteiger partial charge in [-0.2, -0.15) is 4.31 Å². The number of nitrogens with zero attached hydrogens (tertiary/aromatic N) is 4. The number of hydrogen-bond acceptors (Lipinski definition) is 7. The number of benzene rings is 1. The molecule has 0 saturated carbocycles. The van der Waals surface area contributed by atoms with Crippen molar-refractivity contribution in [3.63, 3.8) is 0 Å². The summed E-state index contributed by atoms with van der Waals surface area (Å²) in [5.74, 6) is -0.397. The van der Waals surface area contributed by atoms with E-state index in [4.69, 9.17) is 0 Å². The highest BCUT2D eigenvalue weighted by molar-refractivity contribution is 7.89. The third-order valence-electron chi connectivity index (χ3n) is 4.81. The van der Waals surface area contributed by atoms with Gasteiger partial charge in [0.05, 0.1) is 23.3 Å². The number of aromatic nitrogens is 3. The summed E-state index contributed by atoms with van der Waals surface area (Å²) in [6, 6.07) is 7.10. The molecule has 3 heterocycles. The van der Waals surface area contributed by atoms with Crippen molar-refractivity contribution >= 4 is 32.4 Å². The van der Waals surface area contributed by atoms with Crippen molar-refractivity contribution in [1.29, 1.82) is 0 Å². The van der Waals surface area contributed by atoms with Gasteiger partial charge in [-0.15, -0.1) is 11.3 Å². The molecule has 156 valence electrons. The van der Waals surface area contributed by atoms with Crippen LogP contribution in [0.2, 0.25) is 0 Å². The summed E-state index contributed by atoms with van der Waals surface area (Å²) in [5, 5.41) is 3.15. The maximum absolute atomic E-state index is 13.1. The Kier molecular flexibility index (Phi) is 5.89. The Labute approximate surface area is 179 Å². The van der Waals surface area contributed by atoms with Gasteiger partial charge in [-0.25, -0.2) is 18.4 Å². The molecule has 1 amide bonds. The fourth-order valence-electron chi connectivity index (χ4n) is 3.27. The van der Waals surface area contributed by atoms with E-state index in [2.05, 4.69) is 27.2 Å². The summed E-state index contributed by atoms with van der Waals surface area (Å²) in [6.45, 7) is 2.69. The first kappa shape index (κ1) is 20.6. The average molecular weight is 444 g/mol. The monoisotopic (exact) mass is 443 g/mol. The number of anilines is 1. The fraction of sp³-hybridized carbons (Fsp3) is 0.300. The lowest BCUT2D eigenvalue weighted by Gasteiger charge is -2.25. The van der Waals surface area contributed by atoms with E-state index in [9.17, 15) is 13.2 Å². The van der Waals surface area contributed by atoms with Gasteiger partial charge in [0.2, 0.25) is 10.0 Å². The number of amides is 1. The lowest BCUT2D eigenvalue weighted by Crippen LogP contribution is -2.35. The molecular weight excluding hydrogens is 422 g/mol. The quantitative estimate of drug-likeness (QED) is 0.628. The first-order valence-corrected chi connectivity index (χ1v) is 11.9. The highest BCUT2D eigenvalue weighted by atomic mass is 32.2. The normalized spacial score (nSPS) is 14.3.